The maximum atomic E-state index is 12.8. The van der Waals surface area contributed by atoms with E-state index in [1.54, 1.807) is 6.92 Å². The Bertz CT molecular complexity index is 1200. The number of hydrogen-bond donors (Lipinski definition) is 3. The number of aromatic nitrogens is 1. The molecule has 1 heterocycles. The van der Waals surface area contributed by atoms with Crippen LogP contribution >= 0.6 is 11.3 Å². The third kappa shape index (κ3) is 5.33. The quantitative estimate of drug-likeness (QED) is 0.415. The molecule has 182 valence electrons. The van der Waals surface area contributed by atoms with Crippen molar-refractivity contribution in [2.45, 2.75) is 31.5 Å². The number of nitrogens with zero attached hydrogens (tertiary/aromatic N) is 1. The maximum absolute atomic E-state index is 12.8. The van der Waals surface area contributed by atoms with Crippen molar-refractivity contribution in [3.63, 3.8) is 0 Å². The first-order chi connectivity index (χ1) is 16.9. The predicted molar refractivity (Wildman–Crippen MR) is 129 cm³/mol. The molecular weight excluding hydrogens is 470 g/mol. The minimum atomic E-state index is -1.14. The molecule has 1 aliphatic rings. The van der Waals surface area contributed by atoms with E-state index in [1.165, 1.54) is 12.5 Å². The van der Waals surface area contributed by atoms with Crippen molar-refractivity contribution in [3.05, 3.63) is 75.7 Å². The number of hydrogen-bond acceptors (Lipinski definition) is 7. The first-order valence-corrected chi connectivity index (χ1v) is 11.9. The van der Waals surface area contributed by atoms with Crippen LogP contribution in [-0.2, 0) is 20.8 Å². The van der Waals surface area contributed by atoms with E-state index >= 15 is 0 Å². The van der Waals surface area contributed by atoms with E-state index in [0.29, 0.717) is 5.01 Å². The van der Waals surface area contributed by atoms with Gasteiger partial charge in [-0.25, -0.2) is 14.6 Å². The van der Waals surface area contributed by atoms with Crippen molar-refractivity contribution in [1.29, 1.82) is 0 Å². The van der Waals surface area contributed by atoms with Gasteiger partial charge in [-0.1, -0.05) is 48.5 Å². The highest BCUT2D eigenvalue weighted by atomic mass is 32.1. The zero-order chi connectivity index (χ0) is 24.9. The third-order valence-electron chi connectivity index (χ3n) is 5.93. The summed E-state index contributed by atoms with van der Waals surface area (Å²) < 4.78 is 10.8. The average molecular weight is 496 g/mol. The fraction of sp³-hybridized carbons (Fsp3) is 0.280. The summed E-state index contributed by atoms with van der Waals surface area (Å²) in [4.78, 5) is 40.4. The lowest BCUT2D eigenvalue weighted by Crippen LogP contribution is -2.53. The largest absolute Gasteiger partial charge is 0.476 e. The summed E-state index contributed by atoms with van der Waals surface area (Å²) in [5.74, 6) is -1.74. The fourth-order valence-corrected chi connectivity index (χ4v) is 4.77. The number of benzene rings is 2. The Morgan fingerprint density at radius 1 is 1.09 bits per heavy atom. The molecule has 2 aromatic carbocycles. The Hall–Kier alpha value is -3.76. The number of rotatable bonds is 9. The minimum absolute atomic E-state index is 0.0239. The van der Waals surface area contributed by atoms with E-state index in [9.17, 15) is 14.4 Å². The van der Waals surface area contributed by atoms with Gasteiger partial charge in [0.25, 0.3) is 0 Å². The molecule has 9 nitrogen and oxygen atoms in total. The van der Waals surface area contributed by atoms with Gasteiger partial charge in [0.2, 0.25) is 5.91 Å². The zero-order valence-electron chi connectivity index (χ0n) is 19.2. The summed E-state index contributed by atoms with van der Waals surface area (Å²) in [5.41, 5.74) is 4.33. The minimum Gasteiger partial charge on any atom is -0.476 e. The zero-order valence-corrected chi connectivity index (χ0v) is 20.0. The molecule has 0 fully saturated rings. The number of carbonyl (C=O) groups excluding carboxylic acids is 2. The third-order valence-corrected chi connectivity index (χ3v) is 6.77. The number of fused-ring (bicyclic) bond motifs is 3. The fourth-order valence-electron chi connectivity index (χ4n) is 4.06. The molecule has 10 heteroatoms. The van der Waals surface area contributed by atoms with E-state index < -0.39 is 30.1 Å². The SMILES string of the molecule is CO[C@H](C)[C@H](NC(=O)OCC1c2ccccc2-c2ccccc21)C(=O)NCc1nc(C(=O)O)cs1. The second kappa shape index (κ2) is 10.7. The molecule has 0 spiro atoms. The molecule has 0 aliphatic heterocycles. The van der Waals surface area contributed by atoms with Crippen molar-refractivity contribution in [3.8, 4) is 11.1 Å². The second-order valence-corrected chi connectivity index (χ2v) is 8.98. The van der Waals surface area contributed by atoms with Crippen molar-refractivity contribution in [1.82, 2.24) is 15.6 Å². The molecule has 0 saturated carbocycles. The number of aromatic carboxylic acids is 1. The van der Waals surface area contributed by atoms with Gasteiger partial charge in [-0.05, 0) is 29.2 Å². The maximum Gasteiger partial charge on any atom is 0.407 e. The van der Waals surface area contributed by atoms with Crippen LogP contribution in [0.15, 0.2) is 53.9 Å². The first-order valence-electron chi connectivity index (χ1n) is 11.0. The van der Waals surface area contributed by atoms with Gasteiger partial charge in [0.15, 0.2) is 5.69 Å². The summed E-state index contributed by atoms with van der Waals surface area (Å²) in [5, 5.41) is 16.1. The number of carboxylic acids is 1. The van der Waals surface area contributed by atoms with Crippen molar-refractivity contribution < 1.29 is 29.0 Å². The van der Waals surface area contributed by atoms with E-state index in [-0.39, 0.29) is 24.8 Å². The van der Waals surface area contributed by atoms with E-state index in [4.69, 9.17) is 14.6 Å². The number of carbonyl (C=O) groups is 3. The summed E-state index contributed by atoms with van der Waals surface area (Å²) >= 11 is 1.12. The number of alkyl carbamates (subject to hydrolysis) is 1. The molecule has 2 amide bonds. The van der Waals surface area contributed by atoms with E-state index in [1.807, 2.05) is 36.4 Å². The lowest BCUT2D eigenvalue weighted by molar-refractivity contribution is -0.126. The van der Waals surface area contributed by atoms with Gasteiger partial charge < -0.3 is 25.2 Å². The highest BCUT2D eigenvalue weighted by Gasteiger charge is 2.31. The molecule has 3 N–H and O–H groups in total. The van der Waals surface area contributed by atoms with Crippen LogP contribution in [0.5, 0.6) is 0 Å². The Morgan fingerprint density at radius 3 is 2.29 bits per heavy atom. The molecule has 0 bridgehead atoms. The van der Waals surface area contributed by atoms with Crippen molar-refractivity contribution in [2.75, 3.05) is 13.7 Å². The number of ether oxygens (including phenoxy) is 2. The van der Waals surface area contributed by atoms with Crippen LogP contribution in [0.1, 0.15) is 39.5 Å². The van der Waals surface area contributed by atoms with Gasteiger partial charge in [0.1, 0.15) is 17.7 Å². The number of carboxylic acid groups (broad SMARTS) is 1. The molecule has 0 radical (unpaired) electrons. The molecule has 3 aromatic rings. The second-order valence-electron chi connectivity index (χ2n) is 8.04. The first kappa shape index (κ1) is 24.4. The topological polar surface area (TPSA) is 127 Å². The Balaban J connectivity index is 1.38. The Labute approximate surface area is 206 Å². The molecule has 0 saturated heterocycles. The average Bonchev–Trinajstić information content (AvgIpc) is 3.47. The lowest BCUT2D eigenvalue weighted by Gasteiger charge is -2.23. The standard InChI is InChI=1S/C25H25N3O6S/c1-14(33-2)22(23(29)26-11-21-27-20(13-35-21)24(30)31)28-25(32)34-12-19-17-9-5-3-7-15(17)16-8-4-6-10-18(16)19/h3-10,13-14,19,22H,11-12H2,1-2H3,(H,26,29)(H,28,32)(H,30,31)/t14-,22+/m1/s1. The summed E-state index contributed by atoms with van der Waals surface area (Å²) in [6.45, 7) is 1.79. The van der Waals surface area contributed by atoms with Gasteiger partial charge in [-0.2, -0.15) is 0 Å². The van der Waals surface area contributed by atoms with Gasteiger partial charge in [0.05, 0.1) is 12.6 Å². The van der Waals surface area contributed by atoms with E-state index in [2.05, 4.69) is 27.8 Å². The summed E-state index contributed by atoms with van der Waals surface area (Å²) in [6, 6.07) is 15.0. The van der Waals surface area contributed by atoms with Crippen LogP contribution < -0.4 is 10.6 Å². The van der Waals surface area contributed by atoms with Crippen molar-refractivity contribution in [2.24, 2.45) is 0 Å². The number of thiazole rings is 1. The highest BCUT2D eigenvalue weighted by molar-refractivity contribution is 7.09. The molecule has 0 unspecified atom stereocenters. The Kier molecular flexibility index (Phi) is 7.42. The number of methoxy groups -OCH3 is 1. The van der Waals surface area contributed by atoms with Crippen LogP contribution in [0, 0.1) is 0 Å². The summed E-state index contributed by atoms with van der Waals surface area (Å²) in [6.07, 6.45) is -1.38. The molecule has 35 heavy (non-hydrogen) atoms. The molecule has 1 aromatic heterocycles. The summed E-state index contributed by atoms with van der Waals surface area (Å²) in [7, 11) is 1.43. The van der Waals surface area contributed by atoms with Gasteiger partial charge >= 0.3 is 12.1 Å². The lowest BCUT2D eigenvalue weighted by atomic mass is 9.98. The monoisotopic (exact) mass is 495 g/mol. The van der Waals surface area contributed by atoms with Gasteiger partial charge in [-0.15, -0.1) is 11.3 Å². The predicted octanol–water partition coefficient (Wildman–Crippen LogP) is 3.40. The smallest absolute Gasteiger partial charge is 0.407 e. The van der Waals surface area contributed by atoms with Crippen LogP contribution in [-0.4, -0.2) is 53.9 Å². The van der Waals surface area contributed by atoms with Crippen LogP contribution in [0.3, 0.4) is 0 Å². The van der Waals surface area contributed by atoms with E-state index in [0.717, 1.165) is 33.6 Å². The molecule has 2 atom stereocenters. The van der Waals surface area contributed by atoms with Crippen LogP contribution in [0.2, 0.25) is 0 Å². The number of nitrogens with one attached hydrogen (secondary N) is 2. The Morgan fingerprint density at radius 2 is 1.71 bits per heavy atom. The van der Waals surface area contributed by atoms with Crippen LogP contribution in [0.25, 0.3) is 11.1 Å². The van der Waals surface area contributed by atoms with Crippen molar-refractivity contribution >= 4 is 29.3 Å². The molecule has 1 aliphatic carbocycles. The molecule has 4 rings (SSSR count). The molecular formula is C25H25N3O6S. The highest BCUT2D eigenvalue weighted by Crippen LogP contribution is 2.44. The number of amides is 2. The van der Waals surface area contributed by atoms with Gasteiger partial charge in [-0.3, -0.25) is 4.79 Å². The normalized spacial score (nSPS) is 13.9. The van der Waals surface area contributed by atoms with Gasteiger partial charge in [0, 0.05) is 18.4 Å². The van der Waals surface area contributed by atoms with Crippen LogP contribution in [0.4, 0.5) is 4.79 Å².